The van der Waals surface area contributed by atoms with E-state index in [1.54, 1.807) is 0 Å². The van der Waals surface area contributed by atoms with Crippen molar-refractivity contribution in [1.82, 2.24) is 0 Å². The largest absolute Gasteiger partial charge is 0.192 e. The van der Waals surface area contributed by atoms with E-state index < -0.39 is 0 Å². The molecule has 1 aliphatic carbocycles. The van der Waals surface area contributed by atoms with E-state index in [-0.39, 0.29) is 0 Å². The van der Waals surface area contributed by atoms with Crippen LogP contribution in [0.25, 0.3) is 98.7 Å². The minimum Gasteiger partial charge on any atom is -0.192 e. The third-order valence-electron chi connectivity index (χ3n) is 11.9. The summed E-state index contributed by atoms with van der Waals surface area (Å²) >= 11 is 0. The highest BCUT2D eigenvalue weighted by Gasteiger charge is 2.26. The standard InChI is InChI=1S/C53H33N3/c1-29-18-34(27-55)19-30(2)51(29)49-25-47-43(38-8-5-6-9-39(38)49)24-50(52-31(3)20-35(28-56)21-32(52)4)48-23-44-41-11-7-10-40-37(36-14-12-33(26-54)13-15-36)16-17-42(53(40)41)45(44)22-46(47)48/h5-25H,1-4H3. The van der Waals surface area contributed by atoms with Gasteiger partial charge in [0.25, 0.3) is 0 Å². The molecule has 0 fully saturated rings. The van der Waals surface area contributed by atoms with Gasteiger partial charge in [-0.15, -0.1) is 0 Å². The van der Waals surface area contributed by atoms with Gasteiger partial charge in [0, 0.05) is 0 Å². The van der Waals surface area contributed by atoms with Crippen LogP contribution in [-0.4, -0.2) is 0 Å². The summed E-state index contributed by atoms with van der Waals surface area (Å²) in [5.41, 5.74) is 18.0. The Labute approximate surface area is 325 Å². The molecule has 0 spiro atoms. The summed E-state index contributed by atoms with van der Waals surface area (Å²) in [4.78, 5) is 0. The fourth-order valence-corrected chi connectivity index (χ4v) is 9.64. The lowest BCUT2D eigenvalue weighted by atomic mass is 9.83. The molecule has 0 unspecified atom stereocenters. The lowest BCUT2D eigenvalue weighted by molar-refractivity contribution is 1.35. The molecule has 3 heteroatoms. The average molecular weight is 712 g/mol. The number of aryl methyl sites for hydroxylation is 4. The maximum Gasteiger partial charge on any atom is 0.0991 e. The van der Waals surface area contributed by atoms with Gasteiger partial charge in [0.05, 0.1) is 34.9 Å². The lowest BCUT2D eigenvalue weighted by Crippen LogP contribution is -1.96. The highest BCUT2D eigenvalue weighted by molar-refractivity contribution is 6.27. The Hall–Kier alpha value is -7.51. The van der Waals surface area contributed by atoms with Gasteiger partial charge in [0.15, 0.2) is 0 Å². The molecule has 56 heavy (non-hydrogen) atoms. The van der Waals surface area contributed by atoms with E-state index in [1.807, 2.05) is 48.5 Å². The topological polar surface area (TPSA) is 71.4 Å². The summed E-state index contributed by atoms with van der Waals surface area (Å²) in [5.74, 6) is 0. The minimum atomic E-state index is 0.648. The van der Waals surface area contributed by atoms with Crippen LogP contribution in [0.3, 0.4) is 0 Å². The molecule has 0 amide bonds. The van der Waals surface area contributed by atoms with Gasteiger partial charge in [0.2, 0.25) is 0 Å². The predicted octanol–water partition coefficient (Wildman–Crippen LogP) is 13.8. The normalized spacial score (nSPS) is 11.5. The highest BCUT2D eigenvalue weighted by atomic mass is 14.3. The molecule has 9 aromatic carbocycles. The third-order valence-corrected chi connectivity index (χ3v) is 11.9. The maximum absolute atomic E-state index is 9.87. The molecule has 0 radical (unpaired) electrons. The van der Waals surface area contributed by atoms with Crippen molar-refractivity contribution >= 4 is 43.1 Å². The number of rotatable bonds is 3. The van der Waals surface area contributed by atoms with Gasteiger partial charge < -0.3 is 0 Å². The second-order valence-electron chi connectivity index (χ2n) is 15.2. The van der Waals surface area contributed by atoms with E-state index in [4.69, 9.17) is 0 Å². The van der Waals surface area contributed by atoms with E-state index in [2.05, 4.69) is 125 Å². The average Bonchev–Trinajstić information content (AvgIpc) is 3.53. The Morgan fingerprint density at radius 2 is 0.768 bits per heavy atom. The van der Waals surface area contributed by atoms with Crippen LogP contribution >= 0.6 is 0 Å². The number of hydrogen-bond donors (Lipinski definition) is 0. The second kappa shape index (κ2) is 12.3. The molecule has 9 aromatic rings. The number of nitriles is 3. The molecule has 3 nitrogen and oxygen atoms in total. The summed E-state index contributed by atoms with van der Waals surface area (Å²) in [6, 6.07) is 52.2. The Morgan fingerprint density at radius 3 is 1.36 bits per heavy atom. The first-order valence-electron chi connectivity index (χ1n) is 18.8. The minimum absolute atomic E-state index is 0.648. The zero-order valence-electron chi connectivity index (χ0n) is 31.5. The molecule has 0 aromatic heterocycles. The van der Waals surface area contributed by atoms with Crippen molar-refractivity contribution in [3.63, 3.8) is 0 Å². The second-order valence-corrected chi connectivity index (χ2v) is 15.2. The van der Waals surface area contributed by atoms with Gasteiger partial charge in [-0.3, -0.25) is 0 Å². The van der Waals surface area contributed by atoms with Gasteiger partial charge >= 0.3 is 0 Å². The quantitative estimate of drug-likeness (QED) is 0.171. The van der Waals surface area contributed by atoms with E-state index in [0.29, 0.717) is 16.7 Å². The van der Waals surface area contributed by atoms with Crippen LogP contribution in [0, 0.1) is 61.7 Å². The molecule has 0 aliphatic heterocycles. The molecule has 1 aliphatic rings. The number of hydrogen-bond acceptors (Lipinski definition) is 3. The van der Waals surface area contributed by atoms with Crippen LogP contribution in [0.1, 0.15) is 38.9 Å². The van der Waals surface area contributed by atoms with Crippen molar-refractivity contribution in [2.45, 2.75) is 27.7 Å². The first-order valence-corrected chi connectivity index (χ1v) is 18.8. The molecule has 0 saturated carbocycles. The highest BCUT2D eigenvalue weighted by Crippen LogP contribution is 2.53. The first-order chi connectivity index (χ1) is 27.3. The summed E-state index contributed by atoms with van der Waals surface area (Å²) in [7, 11) is 0. The molecular formula is C53H33N3. The molecule has 10 rings (SSSR count). The molecule has 260 valence electrons. The molecule has 0 heterocycles. The Bertz CT molecular complexity index is 3320. The smallest absolute Gasteiger partial charge is 0.0991 e. The Morgan fingerprint density at radius 1 is 0.321 bits per heavy atom. The van der Waals surface area contributed by atoms with Crippen molar-refractivity contribution in [3.05, 3.63) is 166 Å². The SMILES string of the molecule is Cc1cc(C#N)cc(C)c1-c1cc2c3cc4c(cc3c(-c3c(C)cc(C#N)cc3C)cc2c2ccccc12)-c1cccc2c(-c3ccc(C#N)cc3)ccc-4c12. The van der Waals surface area contributed by atoms with Crippen LogP contribution < -0.4 is 0 Å². The summed E-state index contributed by atoms with van der Waals surface area (Å²) < 4.78 is 0. The van der Waals surface area contributed by atoms with E-state index >= 15 is 0 Å². The van der Waals surface area contributed by atoms with E-state index in [1.165, 1.54) is 65.3 Å². The molecule has 0 N–H and O–H groups in total. The van der Waals surface area contributed by atoms with Crippen molar-refractivity contribution in [2.75, 3.05) is 0 Å². The molecular weight excluding hydrogens is 679 g/mol. The number of benzene rings is 9. The van der Waals surface area contributed by atoms with Crippen LogP contribution in [-0.2, 0) is 0 Å². The van der Waals surface area contributed by atoms with Gasteiger partial charge in [0.1, 0.15) is 0 Å². The zero-order valence-corrected chi connectivity index (χ0v) is 31.5. The van der Waals surface area contributed by atoms with Crippen LogP contribution in [0.4, 0.5) is 0 Å². The van der Waals surface area contributed by atoms with Gasteiger partial charge in [-0.25, -0.2) is 0 Å². The van der Waals surface area contributed by atoms with Crippen LogP contribution in [0.5, 0.6) is 0 Å². The fourth-order valence-electron chi connectivity index (χ4n) is 9.64. The van der Waals surface area contributed by atoms with Gasteiger partial charge in [-0.1, -0.05) is 66.7 Å². The summed E-state index contributed by atoms with van der Waals surface area (Å²) in [6.45, 7) is 8.45. The zero-order chi connectivity index (χ0) is 38.4. The van der Waals surface area contributed by atoms with Crippen LogP contribution in [0.15, 0.2) is 127 Å². The number of fused-ring (bicyclic) bond motifs is 8. The Kier molecular flexibility index (Phi) is 7.25. The van der Waals surface area contributed by atoms with Gasteiger partial charge in [-0.05, 0) is 209 Å². The summed E-state index contributed by atoms with van der Waals surface area (Å²) in [5, 5.41) is 38.6. The monoisotopic (exact) mass is 711 g/mol. The Balaban J connectivity index is 1.34. The van der Waals surface area contributed by atoms with E-state index in [0.717, 1.165) is 55.6 Å². The number of nitrogens with zero attached hydrogens (tertiary/aromatic N) is 3. The molecule has 0 saturated heterocycles. The molecule has 0 atom stereocenters. The summed E-state index contributed by atoms with van der Waals surface area (Å²) in [6.07, 6.45) is 0. The molecule has 0 bridgehead atoms. The van der Waals surface area contributed by atoms with E-state index in [9.17, 15) is 15.8 Å². The van der Waals surface area contributed by atoms with Crippen molar-refractivity contribution in [2.24, 2.45) is 0 Å². The van der Waals surface area contributed by atoms with Crippen molar-refractivity contribution < 1.29 is 0 Å². The van der Waals surface area contributed by atoms with Crippen molar-refractivity contribution in [1.29, 1.82) is 15.8 Å². The predicted molar refractivity (Wildman–Crippen MR) is 230 cm³/mol. The van der Waals surface area contributed by atoms with Crippen LogP contribution in [0.2, 0.25) is 0 Å². The van der Waals surface area contributed by atoms with Gasteiger partial charge in [-0.2, -0.15) is 15.8 Å². The lowest BCUT2D eigenvalue weighted by Gasteiger charge is -2.20. The maximum atomic E-state index is 9.87. The first kappa shape index (κ1) is 33.1. The fraction of sp³-hybridized carbons (Fsp3) is 0.0755. The third kappa shape index (κ3) is 4.74. The van der Waals surface area contributed by atoms with Crippen molar-refractivity contribution in [3.8, 4) is 73.8 Å².